The molecule has 0 unspecified atom stereocenters. The molecule has 5 rings (SSSR count). The van der Waals surface area contributed by atoms with E-state index in [1.165, 1.54) is 11.1 Å². The highest BCUT2D eigenvalue weighted by atomic mass is 16.5. The van der Waals surface area contributed by atoms with E-state index in [2.05, 4.69) is 40.2 Å². The molecule has 0 N–H and O–H groups in total. The Kier molecular flexibility index (Phi) is 6.05. The Balaban J connectivity index is 1.59. The highest BCUT2D eigenvalue weighted by Crippen LogP contribution is 2.30. The van der Waals surface area contributed by atoms with E-state index in [1.54, 1.807) is 7.11 Å². The molecule has 0 saturated carbocycles. The van der Waals surface area contributed by atoms with Crippen LogP contribution < -0.4 is 10.3 Å². The zero-order valence-corrected chi connectivity index (χ0v) is 18.8. The number of benzene rings is 2. The van der Waals surface area contributed by atoms with Gasteiger partial charge in [0.05, 0.1) is 19.2 Å². The monoisotopic (exact) mass is 437 g/mol. The lowest BCUT2D eigenvalue weighted by Gasteiger charge is -2.31. The number of fused-ring (bicyclic) bond motifs is 1. The quantitative estimate of drug-likeness (QED) is 0.445. The van der Waals surface area contributed by atoms with Gasteiger partial charge >= 0.3 is 0 Å². The van der Waals surface area contributed by atoms with Gasteiger partial charge in [0.2, 0.25) is 0 Å². The maximum Gasteiger partial charge on any atom is 0.259 e. The Labute approximate surface area is 193 Å². The molecule has 2 aromatic heterocycles. The molecule has 2 aromatic carbocycles. The van der Waals surface area contributed by atoms with Gasteiger partial charge in [0, 0.05) is 49.7 Å². The summed E-state index contributed by atoms with van der Waals surface area (Å²) < 4.78 is 7.56. The van der Waals surface area contributed by atoms with Crippen molar-refractivity contribution in [3.05, 3.63) is 118 Å². The van der Waals surface area contributed by atoms with Gasteiger partial charge in [0.25, 0.3) is 5.56 Å². The zero-order chi connectivity index (χ0) is 22.6. The molecule has 4 aromatic rings. The predicted octanol–water partition coefficient (Wildman–Crippen LogP) is 4.53. The molecule has 0 saturated heterocycles. The Morgan fingerprint density at radius 2 is 1.61 bits per heavy atom. The fourth-order valence-corrected chi connectivity index (χ4v) is 4.65. The van der Waals surface area contributed by atoms with Crippen LogP contribution in [0.4, 0.5) is 0 Å². The zero-order valence-electron chi connectivity index (χ0n) is 18.8. The average molecular weight is 438 g/mol. The summed E-state index contributed by atoms with van der Waals surface area (Å²) in [7, 11) is 1.65. The third kappa shape index (κ3) is 4.45. The largest absolute Gasteiger partial charge is 0.496 e. The van der Waals surface area contributed by atoms with Gasteiger partial charge in [0.1, 0.15) is 5.75 Å². The van der Waals surface area contributed by atoms with Crippen LogP contribution in [-0.4, -0.2) is 28.1 Å². The molecule has 0 spiro atoms. The number of pyridine rings is 2. The van der Waals surface area contributed by atoms with Crippen LogP contribution in [0.3, 0.4) is 0 Å². The number of aromatic nitrogens is 2. The summed E-state index contributed by atoms with van der Waals surface area (Å²) in [5.41, 5.74) is 6.26. The van der Waals surface area contributed by atoms with Gasteiger partial charge in [-0.05, 0) is 41.0 Å². The van der Waals surface area contributed by atoms with E-state index in [1.807, 2.05) is 59.4 Å². The van der Waals surface area contributed by atoms with E-state index in [9.17, 15) is 4.79 Å². The Bertz CT molecular complexity index is 1300. The Morgan fingerprint density at radius 3 is 2.39 bits per heavy atom. The summed E-state index contributed by atoms with van der Waals surface area (Å²) in [5, 5.41) is 0. The van der Waals surface area contributed by atoms with E-state index in [4.69, 9.17) is 4.74 Å². The van der Waals surface area contributed by atoms with Crippen LogP contribution in [0.1, 0.15) is 22.4 Å². The van der Waals surface area contributed by atoms with Crippen LogP contribution in [-0.2, 0) is 26.1 Å². The molecule has 5 heteroatoms. The molecule has 1 aliphatic rings. The molecule has 1 aliphatic heterocycles. The summed E-state index contributed by atoms with van der Waals surface area (Å²) in [6, 6.07) is 24.2. The van der Waals surface area contributed by atoms with E-state index < -0.39 is 0 Å². The molecule has 0 fully saturated rings. The third-order valence-electron chi connectivity index (χ3n) is 6.29. The molecular weight excluding hydrogens is 410 g/mol. The predicted molar refractivity (Wildman–Crippen MR) is 130 cm³/mol. The molecule has 0 bridgehead atoms. The number of hydrogen-bond acceptors (Lipinski definition) is 4. The van der Waals surface area contributed by atoms with Gasteiger partial charge in [-0.15, -0.1) is 0 Å². The van der Waals surface area contributed by atoms with E-state index >= 15 is 0 Å². The average Bonchev–Trinajstić information content (AvgIpc) is 2.87. The lowest BCUT2D eigenvalue weighted by atomic mass is 9.98. The van der Waals surface area contributed by atoms with Crippen LogP contribution in [0.5, 0.6) is 5.75 Å². The van der Waals surface area contributed by atoms with Crippen molar-refractivity contribution in [1.82, 2.24) is 14.5 Å². The maximum atomic E-state index is 13.8. The highest BCUT2D eigenvalue weighted by Gasteiger charge is 2.23. The summed E-state index contributed by atoms with van der Waals surface area (Å²) in [6.45, 7) is 3.14. The number of para-hydroxylation sites is 1. The molecule has 0 radical (unpaired) electrons. The first-order valence-corrected chi connectivity index (χ1v) is 11.3. The van der Waals surface area contributed by atoms with Crippen molar-refractivity contribution in [2.24, 2.45) is 0 Å². The van der Waals surface area contributed by atoms with E-state index in [0.29, 0.717) is 17.9 Å². The lowest BCUT2D eigenvalue weighted by molar-refractivity contribution is 0.240. The minimum atomic E-state index is 0.0321. The minimum absolute atomic E-state index is 0.0321. The first kappa shape index (κ1) is 21.2. The molecule has 166 valence electrons. The Hall–Kier alpha value is -3.70. The van der Waals surface area contributed by atoms with Crippen LogP contribution >= 0.6 is 0 Å². The van der Waals surface area contributed by atoms with Gasteiger partial charge in [-0.3, -0.25) is 14.7 Å². The second-order valence-electron chi connectivity index (χ2n) is 8.42. The van der Waals surface area contributed by atoms with Gasteiger partial charge in [-0.2, -0.15) is 0 Å². The van der Waals surface area contributed by atoms with Gasteiger partial charge in [0.15, 0.2) is 0 Å². The first-order chi connectivity index (χ1) is 16.2. The van der Waals surface area contributed by atoms with E-state index in [0.717, 1.165) is 42.9 Å². The van der Waals surface area contributed by atoms with Crippen LogP contribution in [0.25, 0.3) is 11.1 Å². The summed E-state index contributed by atoms with van der Waals surface area (Å²) >= 11 is 0. The van der Waals surface area contributed by atoms with Gasteiger partial charge in [-0.25, -0.2) is 0 Å². The first-order valence-electron chi connectivity index (χ1n) is 11.3. The smallest absolute Gasteiger partial charge is 0.259 e. The highest BCUT2D eigenvalue weighted by molar-refractivity contribution is 5.70. The van der Waals surface area contributed by atoms with Crippen molar-refractivity contribution in [1.29, 1.82) is 0 Å². The second kappa shape index (κ2) is 9.43. The molecular formula is C28H27N3O2. The Morgan fingerprint density at radius 1 is 0.879 bits per heavy atom. The maximum absolute atomic E-state index is 13.8. The molecule has 0 amide bonds. The van der Waals surface area contributed by atoms with Crippen molar-refractivity contribution >= 4 is 0 Å². The molecule has 3 heterocycles. The van der Waals surface area contributed by atoms with Crippen LogP contribution in [0.15, 0.2) is 90.0 Å². The summed E-state index contributed by atoms with van der Waals surface area (Å²) in [4.78, 5) is 20.3. The fraction of sp³-hybridized carbons (Fsp3) is 0.214. The summed E-state index contributed by atoms with van der Waals surface area (Å²) in [6.07, 6.45) is 4.52. The molecule has 5 nitrogen and oxygen atoms in total. The van der Waals surface area contributed by atoms with E-state index in [-0.39, 0.29) is 5.56 Å². The number of ether oxygens (including phenoxy) is 1. The number of nitrogens with zero attached hydrogens (tertiary/aromatic N) is 3. The van der Waals surface area contributed by atoms with Crippen LogP contribution in [0.2, 0.25) is 0 Å². The van der Waals surface area contributed by atoms with Crippen molar-refractivity contribution < 1.29 is 4.74 Å². The lowest BCUT2D eigenvalue weighted by Crippen LogP contribution is -2.36. The van der Waals surface area contributed by atoms with Gasteiger partial charge < -0.3 is 9.30 Å². The normalized spacial score (nSPS) is 13.5. The van der Waals surface area contributed by atoms with Gasteiger partial charge in [-0.1, -0.05) is 48.5 Å². The minimum Gasteiger partial charge on any atom is -0.496 e. The number of rotatable bonds is 6. The third-order valence-corrected chi connectivity index (χ3v) is 6.29. The molecule has 0 atom stereocenters. The van der Waals surface area contributed by atoms with Crippen LogP contribution in [0, 0.1) is 0 Å². The standard InChI is InChI=1S/C28H27N3O2/c1-33-27-10-6-5-9-24(27)25-17-23-20-30(18-22-11-14-29-15-12-22)16-13-26(23)31(28(25)32)19-21-7-3-2-4-8-21/h2-12,14-15,17H,13,16,18-20H2,1H3. The second-order valence-corrected chi connectivity index (χ2v) is 8.42. The number of methoxy groups -OCH3 is 1. The molecule has 0 aliphatic carbocycles. The van der Waals surface area contributed by atoms with Crippen molar-refractivity contribution in [2.75, 3.05) is 13.7 Å². The topological polar surface area (TPSA) is 47.4 Å². The van der Waals surface area contributed by atoms with Crippen molar-refractivity contribution in [3.8, 4) is 16.9 Å². The molecule has 33 heavy (non-hydrogen) atoms. The van der Waals surface area contributed by atoms with Crippen molar-refractivity contribution in [3.63, 3.8) is 0 Å². The summed E-state index contributed by atoms with van der Waals surface area (Å²) in [5.74, 6) is 0.713. The van der Waals surface area contributed by atoms with Crippen molar-refractivity contribution in [2.45, 2.75) is 26.1 Å². The fourth-order valence-electron chi connectivity index (χ4n) is 4.65. The number of hydrogen-bond donors (Lipinski definition) is 0. The SMILES string of the molecule is COc1ccccc1-c1cc2c(n(Cc3ccccc3)c1=O)CCN(Cc1ccncc1)C2.